The lowest BCUT2D eigenvalue weighted by Crippen LogP contribution is -1.89. The van der Waals surface area contributed by atoms with Crippen LogP contribution in [0.5, 0.6) is 0 Å². The summed E-state index contributed by atoms with van der Waals surface area (Å²) < 4.78 is 272. The Balaban J connectivity index is 1.48. The van der Waals surface area contributed by atoms with Crippen molar-refractivity contribution >= 4 is 64.6 Å². The minimum absolute atomic E-state index is 0.584. The molecule has 0 fully saturated rings. The van der Waals surface area contributed by atoms with E-state index in [1.54, 1.807) is 0 Å². The van der Waals surface area contributed by atoms with Crippen molar-refractivity contribution in [3.63, 3.8) is 0 Å². The SMILES string of the molecule is [2H]c1c([2H])c(-c2c([2H])c([2H])c([2H])c(-c3c4c([2H])c([2H])c([2H])c([2H])c4c([2H])c4c3c([2H])c([2H])c3c([2H])c([2H])c([2H])c([2H])c34)c2[2H])c([2H])c(-c2c3c([2H])c([2H])c([2H])c([2H])c3c([2H])c3c2c([2H])c([2H])c2c([2H])c([2H])c([2H])c([2H])c23)c1[2H]. The van der Waals surface area contributed by atoms with E-state index in [1.165, 1.54) is 0 Å². The van der Waals surface area contributed by atoms with Gasteiger partial charge in [0.15, 0.2) is 0 Å². The molecule has 0 bridgehead atoms. The molecule has 10 aromatic carbocycles. The molecule has 0 radical (unpaired) electrons. The van der Waals surface area contributed by atoms with E-state index in [0.29, 0.717) is 0 Å². The van der Waals surface area contributed by atoms with Gasteiger partial charge < -0.3 is 0 Å². The van der Waals surface area contributed by atoms with Crippen LogP contribution in [0.15, 0.2) is 181 Å². The fraction of sp³-hybridized carbons (Fsp3) is 0. The molecular weight excluding hydrogens is 577 g/mol. The number of fused-ring (bicyclic) bond motifs is 8. The van der Waals surface area contributed by atoms with Crippen LogP contribution >= 0.6 is 0 Å². The van der Waals surface area contributed by atoms with Crippen LogP contribution in [0.1, 0.15) is 41.1 Å². The van der Waals surface area contributed by atoms with Crippen molar-refractivity contribution < 1.29 is 41.1 Å². The van der Waals surface area contributed by atoms with Crippen LogP contribution in [0.2, 0.25) is 0 Å². The molecule has 222 valence electrons. The molecule has 0 amide bonds. The summed E-state index contributed by atoms with van der Waals surface area (Å²) in [6.07, 6.45) is 0. The van der Waals surface area contributed by atoms with Gasteiger partial charge in [-0.25, -0.2) is 0 Å². The standard InChI is InChI=1S/C48H30/c1-5-19-39-31(11-1)23-25-43-45(39)29-35-13-3-7-21-41(35)47(43)37-17-9-15-33(27-37)34-16-10-18-38(28-34)48-42-22-8-4-14-36(42)30-46-40-20-6-2-12-32(40)24-26-44(46)48/h1-30H/i1D,2D,3D,4D,5D,6D,7D,8D,9D,10D,11D,12D,13D,14D,15D,16D,17D,18D,19D,20D,21D,22D,23D,24D,25D,26D,27D,28D,29D,30D. The lowest BCUT2D eigenvalue weighted by atomic mass is 9.87. The van der Waals surface area contributed by atoms with Gasteiger partial charge in [-0.1, -0.05) is 157 Å². The van der Waals surface area contributed by atoms with Crippen molar-refractivity contribution in [1.29, 1.82) is 0 Å². The Bertz CT molecular complexity index is 4310. The normalized spacial score (nSPS) is 20.5. The van der Waals surface area contributed by atoms with Gasteiger partial charge >= 0.3 is 0 Å². The molecule has 0 aliphatic rings. The molecule has 0 nitrogen and oxygen atoms in total. The first-order valence-electron chi connectivity index (χ1n) is 29.2. The van der Waals surface area contributed by atoms with E-state index in [4.69, 9.17) is 21.9 Å². The van der Waals surface area contributed by atoms with Crippen molar-refractivity contribution in [2.45, 2.75) is 0 Å². The maximum Gasteiger partial charge on any atom is 0.0636 e. The van der Waals surface area contributed by atoms with Gasteiger partial charge in [-0.15, -0.1) is 0 Å². The van der Waals surface area contributed by atoms with E-state index < -0.39 is 279 Å². The van der Waals surface area contributed by atoms with Crippen LogP contribution in [0, 0.1) is 0 Å². The van der Waals surface area contributed by atoms with Gasteiger partial charge in [0.2, 0.25) is 0 Å². The predicted octanol–water partition coefficient (Wildman–Crippen LogP) is 13.6. The number of rotatable bonds is 3. The van der Waals surface area contributed by atoms with Crippen LogP contribution in [-0.4, -0.2) is 0 Å². The first-order chi connectivity index (χ1) is 36.3. The number of hydrogen-bond acceptors (Lipinski definition) is 0. The molecule has 10 rings (SSSR count). The molecule has 0 atom stereocenters. The molecule has 0 aliphatic heterocycles. The summed E-state index contributed by atoms with van der Waals surface area (Å²) >= 11 is 0. The minimum Gasteiger partial charge on any atom is -0.0616 e. The van der Waals surface area contributed by atoms with Crippen molar-refractivity contribution in [1.82, 2.24) is 0 Å². The van der Waals surface area contributed by atoms with Gasteiger partial charge in [0, 0.05) is 0 Å². The summed E-state index contributed by atoms with van der Waals surface area (Å²) in [4.78, 5) is 0. The van der Waals surface area contributed by atoms with Gasteiger partial charge in [0.05, 0.1) is 41.1 Å². The highest BCUT2D eigenvalue weighted by Crippen LogP contribution is 2.42. The Hall–Kier alpha value is -6.24. The number of hydrogen-bond donors (Lipinski definition) is 0. The molecule has 0 aliphatic carbocycles. The Morgan fingerprint density at radius 1 is 0.229 bits per heavy atom. The molecule has 0 N–H and O–H groups in total. The monoisotopic (exact) mass is 636 g/mol. The zero-order chi connectivity index (χ0) is 57.7. The molecule has 0 heteroatoms. The molecule has 0 saturated heterocycles. The van der Waals surface area contributed by atoms with Gasteiger partial charge in [-0.3, -0.25) is 0 Å². The smallest absolute Gasteiger partial charge is 0.0616 e. The largest absolute Gasteiger partial charge is 0.0636 e. The van der Waals surface area contributed by atoms with E-state index in [9.17, 15) is 19.2 Å². The third-order valence-electron chi connectivity index (χ3n) is 7.88. The second kappa shape index (κ2) is 10.7. The van der Waals surface area contributed by atoms with Crippen molar-refractivity contribution in [3.05, 3.63) is 181 Å². The fourth-order valence-corrected chi connectivity index (χ4v) is 5.81. The maximum atomic E-state index is 9.96. The third kappa shape index (κ3) is 4.16. The molecular formula is C48H30. The summed E-state index contributed by atoms with van der Waals surface area (Å²) in [5.74, 6) is 0. The lowest BCUT2D eigenvalue weighted by Gasteiger charge is -2.16. The minimum atomic E-state index is -1.16. The molecule has 0 aromatic heterocycles. The average Bonchev–Trinajstić information content (AvgIpc) is 3.59. The quantitative estimate of drug-likeness (QED) is 0.134. The summed E-state index contributed by atoms with van der Waals surface area (Å²) in [7, 11) is 0. The Morgan fingerprint density at radius 3 is 1.06 bits per heavy atom. The third-order valence-corrected chi connectivity index (χ3v) is 7.88. The summed E-state index contributed by atoms with van der Waals surface area (Å²) in [6, 6.07) is -28.9. The predicted molar refractivity (Wildman–Crippen MR) is 208 cm³/mol. The average molecular weight is 637 g/mol. The van der Waals surface area contributed by atoms with Crippen LogP contribution in [-0.2, 0) is 0 Å². The summed E-state index contributed by atoms with van der Waals surface area (Å²) in [5, 5.41) is -7.79. The van der Waals surface area contributed by atoms with Crippen molar-refractivity contribution in [2.75, 3.05) is 0 Å². The van der Waals surface area contributed by atoms with Gasteiger partial charge in [-0.2, -0.15) is 0 Å². The molecule has 48 heavy (non-hydrogen) atoms. The highest BCUT2D eigenvalue weighted by atomic mass is 14.2. The van der Waals surface area contributed by atoms with Crippen LogP contribution in [0.3, 0.4) is 0 Å². The van der Waals surface area contributed by atoms with E-state index in [1.807, 2.05) is 0 Å². The second-order valence-corrected chi connectivity index (χ2v) is 10.5. The molecule has 0 unspecified atom stereocenters. The lowest BCUT2D eigenvalue weighted by molar-refractivity contribution is 1.60. The zero-order valence-electron chi connectivity index (χ0n) is 54.0. The van der Waals surface area contributed by atoms with Gasteiger partial charge in [0.1, 0.15) is 0 Å². The van der Waals surface area contributed by atoms with Crippen molar-refractivity contribution in [2.24, 2.45) is 0 Å². The van der Waals surface area contributed by atoms with Gasteiger partial charge in [0.25, 0.3) is 0 Å². The number of benzene rings is 10. The van der Waals surface area contributed by atoms with Crippen LogP contribution in [0.4, 0.5) is 0 Å². The topological polar surface area (TPSA) is 0 Å². The maximum absolute atomic E-state index is 9.96. The Kier molecular flexibility index (Phi) is 2.36. The molecule has 10 aromatic rings. The Morgan fingerprint density at radius 2 is 0.604 bits per heavy atom. The van der Waals surface area contributed by atoms with Crippen LogP contribution in [0.25, 0.3) is 98.0 Å². The first kappa shape index (κ1) is 10.6. The second-order valence-electron chi connectivity index (χ2n) is 10.5. The van der Waals surface area contributed by atoms with Gasteiger partial charge in [-0.05, 0) is 122 Å². The fourth-order valence-electron chi connectivity index (χ4n) is 5.81. The highest BCUT2D eigenvalue weighted by molar-refractivity contribution is 6.21. The highest BCUT2D eigenvalue weighted by Gasteiger charge is 2.15. The molecule has 0 spiro atoms. The van der Waals surface area contributed by atoms with E-state index in [-0.39, 0.29) is 0 Å². The Labute approximate surface area is 321 Å². The van der Waals surface area contributed by atoms with Crippen molar-refractivity contribution in [3.8, 4) is 33.4 Å². The summed E-state index contributed by atoms with van der Waals surface area (Å²) in [5.41, 5.74) is -5.35. The van der Waals surface area contributed by atoms with Crippen LogP contribution < -0.4 is 0 Å². The zero-order valence-corrected chi connectivity index (χ0v) is 24.0. The molecule has 0 saturated carbocycles. The summed E-state index contributed by atoms with van der Waals surface area (Å²) in [6.45, 7) is 0. The van der Waals surface area contributed by atoms with E-state index in [0.717, 1.165) is 0 Å². The molecule has 0 heterocycles. The van der Waals surface area contributed by atoms with E-state index in [2.05, 4.69) is 0 Å². The van der Waals surface area contributed by atoms with E-state index >= 15 is 0 Å². The first-order valence-corrected chi connectivity index (χ1v) is 14.2.